The van der Waals surface area contributed by atoms with E-state index >= 15 is 0 Å². The number of allylic oxidation sites excluding steroid dienone is 9. The van der Waals surface area contributed by atoms with Gasteiger partial charge >= 0.3 is 5.97 Å². The fourth-order valence-electron chi connectivity index (χ4n) is 1.41. The molecule has 0 aliphatic rings. The van der Waals surface area contributed by atoms with E-state index in [1.807, 2.05) is 41.5 Å². The fourth-order valence-corrected chi connectivity index (χ4v) is 1.41. The molecule has 4 nitrogen and oxygen atoms in total. The Kier molecular flexibility index (Phi) is 26.7. The Morgan fingerprint density at radius 3 is 1.47 bits per heavy atom. The Bertz CT molecular complexity index is 725. The third-order valence-electron chi connectivity index (χ3n) is 4.07. The highest BCUT2D eigenvalue weighted by atomic mass is 16.5. The van der Waals surface area contributed by atoms with Gasteiger partial charge in [0.1, 0.15) is 11.5 Å². The summed E-state index contributed by atoms with van der Waals surface area (Å²) in [5.74, 6) is 2.37. The first-order valence-electron chi connectivity index (χ1n) is 12.4. The summed E-state index contributed by atoms with van der Waals surface area (Å²) in [7, 11) is 0. The maximum absolute atomic E-state index is 12.2. The first-order chi connectivity index (χ1) is 16.5. The molecule has 0 aromatic heterocycles. The van der Waals surface area contributed by atoms with Crippen molar-refractivity contribution in [3.8, 4) is 0 Å². The van der Waals surface area contributed by atoms with Crippen molar-refractivity contribution in [3.05, 3.63) is 85.9 Å². The smallest absolute Gasteiger partial charge is 0.317 e. The standard InChI is InChI=1S/C16H24O2.C8H10O2.2C4H10/c1-8-10-12-13(11-9-2)18-14(17)16(6,7)15(3,4)5;1-3-5-8(6-4-2)10-7-9;2*1-4(2)3/h8-12H,1-2H2,3-7H3;3-7H,1H2,2H3;2*4H,1-3H3/b12-10-,13-11+;6-4-,8-5+;;. The topological polar surface area (TPSA) is 52.6 Å². The van der Waals surface area contributed by atoms with Crippen molar-refractivity contribution >= 4 is 12.4 Å². The summed E-state index contributed by atoms with van der Waals surface area (Å²) in [6.07, 6.45) is 14.9. The van der Waals surface area contributed by atoms with Crippen LogP contribution in [0.15, 0.2) is 85.9 Å². The van der Waals surface area contributed by atoms with E-state index in [1.165, 1.54) is 0 Å². The lowest BCUT2D eigenvalue weighted by molar-refractivity contribution is -0.155. The lowest BCUT2D eigenvalue weighted by Gasteiger charge is -2.36. The van der Waals surface area contributed by atoms with E-state index in [1.54, 1.807) is 54.7 Å². The van der Waals surface area contributed by atoms with Crippen molar-refractivity contribution in [3.63, 3.8) is 0 Å². The van der Waals surface area contributed by atoms with Crippen LogP contribution in [0.3, 0.4) is 0 Å². The minimum absolute atomic E-state index is 0.175. The largest absolute Gasteiger partial charge is 0.429 e. The Morgan fingerprint density at radius 1 is 0.750 bits per heavy atom. The molecule has 0 aromatic rings. The van der Waals surface area contributed by atoms with Gasteiger partial charge in [0.15, 0.2) is 0 Å². The maximum atomic E-state index is 12.2. The summed E-state index contributed by atoms with van der Waals surface area (Å²) in [6, 6.07) is 0. The van der Waals surface area contributed by atoms with Crippen molar-refractivity contribution in [2.45, 2.75) is 83.1 Å². The third kappa shape index (κ3) is 27.4. The summed E-state index contributed by atoms with van der Waals surface area (Å²) in [5.41, 5.74) is -0.749. The van der Waals surface area contributed by atoms with Gasteiger partial charge in [0.05, 0.1) is 5.41 Å². The van der Waals surface area contributed by atoms with Gasteiger partial charge in [-0.15, -0.1) is 0 Å². The molecule has 36 heavy (non-hydrogen) atoms. The lowest BCUT2D eigenvalue weighted by atomic mass is 9.69. The Hall–Kier alpha value is -2.88. The molecular weight excluding hydrogens is 448 g/mol. The molecule has 0 bridgehead atoms. The molecule has 0 saturated carbocycles. The molecule has 0 aliphatic carbocycles. The van der Waals surface area contributed by atoms with Crippen LogP contribution in [0.25, 0.3) is 0 Å². The van der Waals surface area contributed by atoms with E-state index in [-0.39, 0.29) is 11.4 Å². The molecule has 0 atom stereocenters. The molecule has 0 aromatic carbocycles. The van der Waals surface area contributed by atoms with Crippen LogP contribution in [-0.4, -0.2) is 12.4 Å². The third-order valence-corrected chi connectivity index (χ3v) is 4.07. The minimum Gasteiger partial charge on any atom is -0.429 e. The highest BCUT2D eigenvalue weighted by Crippen LogP contribution is 2.39. The van der Waals surface area contributed by atoms with E-state index in [2.05, 4.69) is 66.0 Å². The van der Waals surface area contributed by atoms with Crippen LogP contribution in [0.4, 0.5) is 0 Å². The molecule has 0 aliphatic heterocycles. The monoisotopic (exact) mass is 502 g/mol. The molecule has 0 N–H and O–H groups in total. The number of carbonyl (C=O) groups excluding carboxylic acids is 2. The minimum atomic E-state index is -0.574. The van der Waals surface area contributed by atoms with Crippen LogP contribution in [0, 0.1) is 22.7 Å². The number of esters is 1. The van der Waals surface area contributed by atoms with Gasteiger partial charge < -0.3 is 9.47 Å². The molecule has 0 spiro atoms. The SMILES string of the molecule is C=C/C=C(\C=C/C)OC=O.C=C/C=C\C(=C/C=C)OC(=O)C(C)(C)C(C)(C)C.CC(C)C.CC(C)C. The Labute approximate surface area is 223 Å². The van der Waals surface area contributed by atoms with Gasteiger partial charge in [-0.05, 0) is 62.3 Å². The summed E-state index contributed by atoms with van der Waals surface area (Å²) in [6.45, 7) is 35.7. The molecule has 0 radical (unpaired) electrons. The number of hydrogen-bond acceptors (Lipinski definition) is 4. The van der Waals surface area contributed by atoms with Crippen molar-refractivity contribution in [2.24, 2.45) is 22.7 Å². The second-order valence-corrected chi connectivity index (χ2v) is 10.6. The van der Waals surface area contributed by atoms with Crippen LogP contribution in [0.5, 0.6) is 0 Å². The normalized spacial score (nSPS) is 11.9. The van der Waals surface area contributed by atoms with E-state index in [9.17, 15) is 9.59 Å². The molecule has 0 amide bonds. The second-order valence-electron chi connectivity index (χ2n) is 10.6. The average molecular weight is 503 g/mol. The number of ether oxygens (including phenoxy) is 2. The van der Waals surface area contributed by atoms with Crippen LogP contribution in [0.2, 0.25) is 0 Å². The summed E-state index contributed by atoms with van der Waals surface area (Å²) < 4.78 is 9.95. The molecule has 0 heterocycles. The summed E-state index contributed by atoms with van der Waals surface area (Å²) in [4.78, 5) is 22.0. The van der Waals surface area contributed by atoms with E-state index in [4.69, 9.17) is 4.74 Å². The van der Waals surface area contributed by atoms with Gasteiger partial charge in [0.2, 0.25) is 0 Å². The van der Waals surface area contributed by atoms with E-state index in [0.29, 0.717) is 18.0 Å². The quantitative estimate of drug-likeness (QED) is 0.136. The van der Waals surface area contributed by atoms with Crippen molar-refractivity contribution in [1.29, 1.82) is 0 Å². The van der Waals surface area contributed by atoms with Crippen molar-refractivity contribution in [2.75, 3.05) is 0 Å². The van der Waals surface area contributed by atoms with Gasteiger partial charge in [0.25, 0.3) is 6.47 Å². The van der Waals surface area contributed by atoms with Gasteiger partial charge in [-0.3, -0.25) is 9.59 Å². The van der Waals surface area contributed by atoms with E-state index < -0.39 is 5.41 Å². The van der Waals surface area contributed by atoms with Gasteiger partial charge in [-0.1, -0.05) is 112 Å². The Morgan fingerprint density at radius 2 is 1.17 bits per heavy atom. The predicted molar refractivity (Wildman–Crippen MR) is 158 cm³/mol. The van der Waals surface area contributed by atoms with Crippen molar-refractivity contribution in [1.82, 2.24) is 0 Å². The number of carbonyl (C=O) groups is 2. The Balaban J connectivity index is -0.000000236. The molecule has 0 saturated heterocycles. The number of rotatable bonds is 9. The lowest BCUT2D eigenvalue weighted by Crippen LogP contribution is -2.38. The second kappa shape index (κ2) is 23.8. The maximum Gasteiger partial charge on any atom is 0.317 e. The van der Waals surface area contributed by atoms with Gasteiger partial charge in [-0.25, -0.2) is 0 Å². The molecule has 206 valence electrons. The average Bonchev–Trinajstić information content (AvgIpc) is 2.71. The summed E-state index contributed by atoms with van der Waals surface area (Å²) in [5, 5.41) is 0. The molecular formula is C32H54O4. The number of hydrogen-bond donors (Lipinski definition) is 0. The zero-order chi connectivity index (χ0) is 29.4. The van der Waals surface area contributed by atoms with E-state index in [0.717, 1.165) is 11.8 Å². The highest BCUT2D eigenvalue weighted by Gasteiger charge is 2.41. The van der Waals surface area contributed by atoms with Crippen LogP contribution in [-0.2, 0) is 19.1 Å². The van der Waals surface area contributed by atoms with Crippen LogP contribution in [0.1, 0.15) is 83.1 Å². The fraction of sp³-hybridized carbons (Fsp3) is 0.500. The van der Waals surface area contributed by atoms with Crippen LogP contribution < -0.4 is 0 Å². The zero-order valence-electron chi connectivity index (χ0n) is 25.2. The van der Waals surface area contributed by atoms with Crippen molar-refractivity contribution < 1.29 is 19.1 Å². The molecule has 0 rings (SSSR count). The summed E-state index contributed by atoms with van der Waals surface area (Å²) >= 11 is 0. The first kappa shape index (κ1) is 40.3. The predicted octanol–water partition coefficient (Wildman–Crippen LogP) is 9.54. The van der Waals surface area contributed by atoms with Gasteiger partial charge in [0, 0.05) is 0 Å². The molecule has 0 unspecified atom stereocenters. The molecule has 4 heteroatoms. The zero-order valence-corrected chi connectivity index (χ0v) is 25.2. The van der Waals surface area contributed by atoms with Crippen LogP contribution >= 0.6 is 0 Å². The van der Waals surface area contributed by atoms with Gasteiger partial charge in [-0.2, -0.15) is 0 Å². The highest BCUT2D eigenvalue weighted by molar-refractivity contribution is 5.78. The molecule has 0 fully saturated rings. The first-order valence-corrected chi connectivity index (χ1v) is 12.4.